The maximum absolute atomic E-state index is 14.3. The molecule has 1 aliphatic rings. The minimum atomic E-state index is -4.04. The third kappa shape index (κ3) is 4.39. The number of hydrogen-bond donors (Lipinski definition) is 5. The van der Waals surface area contributed by atoms with Gasteiger partial charge in [-0.05, 0) is 5.53 Å². The molecule has 7 atom stereocenters. The molecule has 1 rings (SSSR count). The van der Waals surface area contributed by atoms with Crippen molar-refractivity contribution in [3.05, 3.63) is 10.4 Å². The topological polar surface area (TPSA) is 193 Å². The molecule has 0 amide bonds. The highest BCUT2D eigenvalue weighted by Gasteiger charge is 2.62. The number of aliphatic carboxylic acids is 1. The smallest absolute Gasteiger partial charge is 0.372 e. The summed E-state index contributed by atoms with van der Waals surface area (Å²) in [6, 6.07) is 0. The van der Waals surface area contributed by atoms with Crippen LogP contribution in [0.25, 0.3) is 10.4 Å². The molecule has 25 heavy (non-hydrogen) atoms. The van der Waals surface area contributed by atoms with Gasteiger partial charge in [0.1, 0.15) is 18.0 Å². The Morgan fingerprint density at radius 3 is 2.48 bits per heavy atom. The minimum absolute atomic E-state index is 0.693. The Morgan fingerprint density at radius 1 is 1.40 bits per heavy atom. The monoisotopic (exact) mass is 369 g/mol. The maximum Gasteiger partial charge on any atom is 0.372 e. The van der Waals surface area contributed by atoms with Crippen LogP contribution in [0.1, 0.15) is 6.42 Å². The number of Topliss-reactive ketones (excluding diaryl/α,β-unsaturated/α-hetero) is 1. The predicted molar refractivity (Wildman–Crippen MR) is 73.5 cm³/mol. The first-order chi connectivity index (χ1) is 11.6. The van der Waals surface area contributed by atoms with E-state index >= 15 is 0 Å². The number of ether oxygens (including phenoxy) is 1. The van der Waals surface area contributed by atoms with Gasteiger partial charge in [-0.1, -0.05) is 5.11 Å². The highest BCUT2D eigenvalue weighted by molar-refractivity contribution is 5.81. The van der Waals surface area contributed by atoms with Gasteiger partial charge >= 0.3 is 11.8 Å². The van der Waals surface area contributed by atoms with E-state index in [1.165, 1.54) is 0 Å². The summed E-state index contributed by atoms with van der Waals surface area (Å²) >= 11 is 0. The van der Waals surface area contributed by atoms with E-state index in [0.29, 0.717) is 0 Å². The fraction of sp³-hybridized carbons (Fsp3) is 0.833. The fourth-order valence-electron chi connectivity index (χ4n) is 2.47. The Hall–Kier alpha value is -1.89. The Morgan fingerprint density at radius 2 is 2.00 bits per heavy atom. The number of carbonyl (C=O) groups is 2. The summed E-state index contributed by atoms with van der Waals surface area (Å²) in [5.41, 5.74) is 8.15. The van der Waals surface area contributed by atoms with Crippen LogP contribution in [0.3, 0.4) is 0 Å². The van der Waals surface area contributed by atoms with Crippen molar-refractivity contribution in [1.82, 2.24) is 0 Å². The summed E-state index contributed by atoms with van der Waals surface area (Å²) in [7, 11) is 0. The third-order valence-corrected chi connectivity index (χ3v) is 3.81. The zero-order valence-electron chi connectivity index (χ0n) is 12.6. The van der Waals surface area contributed by atoms with Crippen molar-refractivity contribution in [3.63, 3.8) is 0 Å². The van der Waals surface area contributed by atoms with Crippen molar-refractivity contribution in [2.45, 2.75) is 42.9 Å². The van der Waals surface area contributed by atoms with Crippen molar-refractivity contribution in [3.8, 4) is 0 Å². The summed E-state index contributed by atoms with van der Waals surface area (Å²) in [5, 5.41) is 49.9. The van der Waals surface area contributed by atoms with E-state index < -0.39 is 73.7 Å². The maximum atomic E-state index is 14.3. The van der Waals surface area contributed by atoms with Crippen LogP contribution in [0.15, 0.2) is 5.11 Å². The van der Waals surface area contributed by atoms with Gasteiger partial charge in [0.15, 0.2) is 6.17 Å². The summed E-state index contributed by atoms with van der Waals surface area (Å²) in [4.78, 5) is 24.9. The fourth-order valence-corrected chi connectivity index (χ4v) is 2.47. The number of hydrogen-bond acceptors (Lipinski definition) is 8. The largest absolute Gasteiger partial charge is 0.477 e. The Balaban J connectivity index is 3.18. The van der Waals surface area contributed by atoms with Crippen LogP contribution < -0.4 is 0 Å². The lowest BCUT2D eigenvalue weighted by atomic mass is 9.80. The number of azide groups is 1. The summed E-state index contributed by atoms with van der Waals surface area (Å²) in [5.74, 6) is -8.97. The van der Waals surface area contributed by atoms with Gasteiger partial charge in [-0.25, -0.2) is 9.18 Å². The number of carboxylic acid groups (broad SMARTS) is 1. The van der Waals surface area contributed by atoms with E-state index in [-0.39, 0.29) is 0 Å². The summed E-state index contributed by atoms with van der Waals surface area (Å²) < 4.78 is 32.7. The molecule has 5 N–H and O–H groups in total. The number of halogens is 2. The van der Waals surface area contributed by atoms with E-state index in [0.717, 1.165) is 0 Å². The van der Waals surface area contributed by atoms with E-state index in [9.17, 15) is 33.7 Å². The highest BCUT2D eigenvalue weighted by Crippen LogP contribution is 2.40. The van der Waals surface area contributed by atoms with E-state index in [1.807, 2.05) is 0 Å². The molecule has 5 unspecified atom stereocenters. The Labute approximate surface area is 139 Å². The molecular weight excluding hydrogens is 352 g/mol. The zero-order chi connectivity index (χ0) is 19.4. The number of rotatable bonds is 8. The van der Waals surface area contributed by atoms with Crippen LogP contribution in [0.2, 0.25) is 0 Å². The molecule has 11 nitrogen and oxygen atoms in total. The van der Waals surface area contributed by atoms with E-state index in [2.05, 4.69) is 14.8 Å². The second kappa shape index (κ2) is 8.47. The van der Waals surface area contributed by atoms with Crippen molar-refractivity contribution in [2.24, 2.45) is 11.0 Å². The molecule has 0 saturated carbocycles. The van der Waals surface area contributed by atoms with Crippen molar-refractivity contribution in [2.75, 3.05) is 13.2 Å². The zero-order valence-corrected chi connectivity index (χ0v) is 12.6. The lowest BCUT2D eigenvalue weighted by Gasteiger charge is -2.45. The molecule has 0 spiro atoms. The first-order valence-corrected chi connectivity index (χ1v) is 7.01. The highest BCUT2D eigenvalue weighted by atomic mass is 19.2. The summed E-state index contributed by atoms with van der Waals surface area (Å²) in [6.07, 6.45) is -12.4. The molecule has 0 aromatic rings. The van der Waals surface area contributed by atoms with Crippen molar-refractivity contribution >= 4 is 11.8 Å². The Bertz CT molecular complexity index is 560. The van der Waals surface area contributed by atoms with Crippen LogP contribution >= 0.6 is 0 Å². The first-order valence-electron chi connectivity index (χ1n) is 7.01. The van der Waals surface area contributed by atoms with Crippen LogP contribution in [-0.2, 0) is 14.3 Å². The van der Waals surface area contributed by atoms with Gasteiger partial charge in [-0.15, -0.1) is 0 Å². The number of aliphatic hydroxyl groups is 4. The molecule has 0 aromatic carbocycles. The van der Waals surface area contributed by atoms with Crippen LogP contribution in [-0.4, -0.2) is 86.9 Å². The van der Waals surface area contributed by atoms with Crippen molar-refractivity contribution < 1.29 is 48.6 Å². The lowest BCUT2D eigenvalue weighted by molar-refractivity contribution is -0.303. The molecule has 13 heteroatoms. The van der Waals surface area contributed by atoms with Crippen molar-refractivity contribution in [1.29, 1.82) is 0 Å². The van der Waals surface area contributed by atoms with Crippen LogP contribution in [0, 0.1) is 5.92 Å². The van der Waals surface area contributed by atoms with E-state index in [1.54, 1.807) is 0 Å². The van der Waals surface area contributed by atoms with Gasteiger partial charge < -0.3 is 30.3 Å². The molecule has 0 aliphatic carbocycles. The SMILES string of the molecule is [N-]=[N+]=NCC(=O)CC1C(O)C(F)C(F)(C(=O)O)OC1[C@H](O)[C@H](O)CO. The standard InChI is InChI=1S/C12H17F2N3O8/c13-10-7(21)5(1-4(19)2-16-17-15)9(8(22)6(20)3-18)25-12(10,14)11(23)24/h5-10,18,20-22H,1-3H2,(H,23,24)/t5?,6-,7?,8-,9?,10?,12?/m1/s1. The van der Waals surface area contributed by atoms with Gasteiger partial charge in [-0.3, -0.25) is 4.79 Å². The molecule has 0 bridgehead atoms. The van der Waals surface area contributed by atoms with Crippen LogP contribution in [0.5, 0.6) is 0 Å². The minimum Gasteiger partial charge on any atom is -0.477 e. The number of nitrogens with zero attached hydrogens (tertiary/aromatic N) is 3. The molecule has 1 saturated heterocycles. The van der Waals surface area contributed by atoms with Gasteiger partial charge in [-0.2, -0.15) is 4.39 Å². The normalized spacial score (nSPS) is 34.6. The molecule has 142 valence electrons. The summed E-state index contributed by atoms with van der Waals surface area (Å²) in [6.45, 7) is -1.73. The average molecular weight is 369 g/mol. The lowest BCUT2D eigenvalue weighted by Crippen LogP contribution is -2.65. The van der Waals surface area contributed by atoms with E-state index in [4.69, 9.17) is 15.7 Å². The predicted octanol–water partition coefficient (Wildman–Crippen LogP) is -1.57. The molecule has 0 aromatic heterocycles. The number of ketones is 1. The van der Waals surface area contributed by atoms with Gasteiger partial charge in [0.25, 0.3) is 0 Å². The second-order valence-electron chi connectivity index (χ2n) is 5.46. The van der Waals surface area contributed by atoms with Gasteiger partial charge in [0.05, 0.1) is 25.4 Å². The molecule has 1 aliphatic heterocycles. The second-order valence-corrected chi connectivity index (χ2v) is 5.46. The molecule has 1 heterocycles. The Kier molecular flexibility index (Phi) is 7.17. The first kappa shape index (κ1) is 21.2. The van der Waals surface area contributed by atoms with Crippen LogP contribution in [0.4, 0.5) is 8.78 Å². The number of aliphatic hydroxyl groups excluding tert-OH is 4. The van der Waals surface area contributed by atoms with Gasteiger partial charge in [0.2, 0.25) is 0 Å². The quantitative estimate of drug-likeness (QED) is 0.192. The number of carboxylic acids is 1. The van der Waals surface area contributed by atoms with Gasteiger partial charge in [0, 0.05) is 17.3 Å². The number of alkyl halides is 2. The number of carbonyl (C=O) groups excluding carboxylic acids is 1. The molecule has 0 radical (unpaired) electrons. The average Bonchev–Trinajstić information content (AvgIpc) is 2.58. The molecule has 1 fully saturated rings. The molecular formula is C12H17F2N3O8. The third-order valence-electron chi connectivity index (χ3n) is 3.81.